The van der Waals surface area contributed by atoms with Crippen LogP contribution in [0.2, 0.25) is 0 Å². The van der Waals surface area contributed by atoms with E-state index in [0.717, 1.165) is 27.5 Å². The van der Waals surface area contributed by atoms with E-state index in [1.165, 1.54) is 0 Å². The van der Waals surface area contributed by atoms with Gasteiger partial charge < -0.3 is 4.42 Å². The highest BCUT2D eigenvalue weighted by Gasteiger charge is 2.14. The molecule has 0 bridgehead atoms. The van der Waals surface area contributed by atoms with Gasteiger partial charge in [-0.2, -0.15) is 0 Å². The van der Waals surface area contributed by atoms with Crippen LogP contribution in [0.5, 0.6) is 0 Å². The molecule has 2 aromatic heterocycles. The molecule has 3 aromatic carbocycles. The topological polar surface area (TPSA) is 51.8 Å². The van der Waals surface area contributed by atoms with Gasteiger partial charge in [-0.25, -0.2) is 15.0 Å². The predicted molar refractivity (Wildman–Crippen MR) is 106 cm³/mol. The molecule has 128 valence electrons. The number of nitrogens with zero attached hydrogens (tertiary/aromatic N) is 3. The van der Waals surface area contributed by atoms with Gasteiger partial charge in [0.2, 0.25) is 0 Å². The van der Waals surface area contributed by atoms with Gasteiger partial charge in [0.15, 0.2) is 17.5 Å². The first-order valence-corrected chi connectivity index (χ1v) is 8.71. The van der Waals surface area contributed by atoms with E-state index in [1.807, 2.05) is 78.9 Å². The lowest BCUT2D eigenvalue weighted by Crippen LogP contribution is -2.00. The summed E-state index contributed by atoms with van der Waals surface area (Å²) in [6.07, 6.45) is 3.47. The maximum atomic E-state index is 5.39. The van der Waals surface area contributed by atoms with E-state index in [2.05, 4.69) is 0 Å². The van der Waals surface area contributed by atoms with Gasteiger partial charge in [0, 0.05) is 27.5 Å². The summed E-state index contributed by atoms with van der Waals surface area (Å²) in [5, 5.41) is 2.01. The zero-order chi connectivity index (χ0) is 18.1. The zero-order valence-electron chi connectivity index (χ0n) is 14.4. The van der Waals surface area contributed by atoms with Crippen molar-refractivity contribution in [2.75, 3.05) is 0 Å². The monoisotopic (exact) mass is 349 g/mol. The van der Waals surface area contributed by atoms with E-state index in [1.54, 1.807) is 12.5 Å². The van der Waals surface area contributed by atoms with Gasteiger partial charge in [-0.15, -0.1) is 0 Å². The molecule has 0 aliphatic rings. The summed E-state index contributed by atoms with van der Waals surface area (Å²) in [5.74, 6) is 1.94. The Labute approximate surface area is 156 Å². The average Bonchev–Trinajstić information content (AvgIpc) is 3.24. The molecule has 0 radical (unpaired) electrons. The smallest absolute Gasteiger partial charge is 0.164 e. The highest BCUT2D eigenvalue weighted by Crippen LogP contribution is 2.30. The summed E-state index contributed by atoms with van der Waals surface area (Å²) in [4.78, 5) is 14.3. The molecule has 0 unspecified atom stereocenters. The second-order valence-corrected chi connectivity index (χ2v) is 6.22. The summed E-state index contributed by atoms with van der Waals surface area (Å²) in [5.41, 5.74) is 2.84. The third kappa shape index (κ3) is 2.87. The molecule has 0 saturated carbocycles. The molecule has 4 nitrogen and oxygen atoms in total. The van der Waals surface area contributed by atoms with Crippen LogP contribution in [-0.4, -0.2) is 15.0 Å². The van der Waals surface area contributed by atoms with Crippen LogP contribution >= 0.6 is 0 Å². The molecule has 4 heteroatoms. The molecule has 0 fully saturated rings. The first-order chi connectivity index (χ1) is 13.4. The summed E-state index contributed by atoms with van der Waals surface area (Å²) >= 11 is 0. The Morgan fingerprint density at radius 1 is 0.519 bits per heavy atom. The number of fused-ring (bicyclic) bond motifs is 1. The van der Waals surface area contributed by atoms with Crippen LogP contribution in [0, 0.1) is 0 Å². The SMILES string of the molecule is c1ccc(-c2nc(-c3ccccc3)nc(-c3cccc4cocc34)n2)cc1. The van der Waals surface area contributed by atoms with Crippen LogP contribution in [-0.2, 0) is 0 Å². The predicted octanol–water partition coefficient (Wildman–Crippen LogP) is 5.62. The third-order valence-corrected chi connectivity index (χ3v) is 4.46. The Kier molecular flexibility index (Phi) is 3.72. The van der Waals surface area contributed by atoms with Crippen molar-refractivity contribution in [3.05, 3.63) is 91.4 Å². The highest BCUT2D eigenvalue weighted by molar-refractivity contribution is 5.94. The minimum atomic E-state index is 0.634. The maximum absolute atomic E-state index is 5.39. The van der Waals surface area contributed by atoms with Crippen LogP contribution in [0.15, 0.2) is 95.8 Å². The van der Waals surface area contributed by atoms with Crippen molar-refractivity contribution in [1.29, 1.82) is 0 Å². The van der Waals surface area contributed by atoms with E-state index >= 15 is 0 Å². The van der Waals surface area contributed by atoms with Gasteiger partial charge in [-0.05, 0) is 0 Å². The molecular formula is C23H15N3O. The van der Waals surface area contributed by atoms with Crippen molar-refractivity contribution in [1.82, 2.24) is 15.0 Å². The molecule has 27 heavy (non-hydrogen) atoms. The van der Waals surface area contributed by atoms with Crippen molar-refractivity contribution in [2.45, 2.75) is 0 Å². The van der Waals surface area contributed by atoms with Crippen molar-refractivity contribution in [2.24, 2.45) is 0 Å². The molecule has 0 N–H and O–H groups in total. The number of aromatic nitrogens is 3. The molecule has 0 aliphatic carbocycles. The zero-order valence-corrected chi connectivity index (χ0v) is 14.4. The maximum Gasteiger partial charge on any atom is 0.164 e. The van der Waals surface area contributed by atoms with E-state index < -0.39 is 0 Å². The molecule has 5 aromatic rings. The van der Waals surface area contributed by atoms with E-state index in [9.17, 15) is 0 Å². The van der Waals surface area contributed by atoms with Gasteiger partial charge in [-0.1, -0.05) is 78.9 Å². The van der Waals surface area contributed by atoms with Gasteiger partial charge >= 0.3 is 0 Å². The standard InChI is InChI=1S/C23H15N3O/c1-3-8-16(9-4-1)21-24-22(17-10-5-2-6-11-17)26-23(25-21)19-13-7-12-18-14-27-15-20(18)19/h1-15H. The number of hydrogen-bond acceptors (Lipinski definition) is 4. The van der Waals surface area contributed by atoms with Gasteiger partial charge in [0.25, 0.3) is 0 Å². The Hall–Kier alpha value is -3.79. The fraction of sp³-hybridized carbons (Fsp3) is 0. The Morgan fingerprint density at radius 3 is 1.74 bits per heavy atom. The minimum Gasteiger partial charge on any atom is -0.471 e. The quantitative estimate of drug-likeness (QED) is 0.424. The lowest BCUT2D eigenvalue weighted by Gasteiger charge is -2.08. The molecule has 0 saturated heterocycles. The highest BCUT2D eigenvalue weighted by atomic mass is 16.3. The van der Waals surface area contributed by atoms with Gasteiger partial charge in [0.1, 0.15) is 0 Å². The van der Waals surface area contributed by atoms with Crippen molar-refractivity contribution < 1.29 is 4.42 Å². The fourth-order valence-corrected chi connectivity index (χ4v) is 3.12. The number of furan rings is 1. The first-order valence-electron chi connectivity index (χ1n) is 8.71. The molecule has 5 rings (SSSR count). The van der Waals surface area contributed by atoms with E-state index in [4.69, 9.17) is 19.4 Å². The Morgan fingerprint density at radius 2 is 1.11 bits per heavy atom. The molecule has 0 atom stereocenters. The first kappa shape index (κ1) is 15.5. The lowest BCUT2D eigenvalue weighted by atomic mass is 10.1. The largest absolute Gasteiger partial charge is 0.471 e. The second-order valence-electron chi connectivity index (χ2n) is 6.22. The van der Waals surface area contributed by atoms with Gasteiger partial charge in [-0.3, -0.25) is 0 Å². The average molecular weight is 349 g/mol. The van der Waals surface area contributed by atoms with Crippen LogP contribution in [0.1, 0.15) is 0 Å². The minimum absolute atomic E-state index is 0.634. The lowest BCUT2D eigenvalue weighted by molar-refractivity contribution is 0.572. The van der Waals surface area contributed by atoms with Crippen LogP contribution in [0.3, 0.4) is 0 Å². The molecule has 2 heterocycles. The molecular weight excluding hydrogens is 334 g/mol. The van der Waals surface area contributed by atoms with Crippen molar-refractivity contribution >= 4 is 10.8 Å². The summed E-state index contributed by atoms with van der Waals surface area (Å²) in [6, 6.07) is 25.9. The Balaban J connectivity index is 1.77. The normalized spacial score (nSPS) is 11.0. The third-order valence-electron chi connectivity index (χ3n) is 4.46. The number of benzene rings is 3. The van der Waals surface area contributed by atoms with Crippen LogP contribution in [0.25, 0.3) is 44.9 Å². The summed E-state index contributed by atoms with van der Waals surface area (Å²) < 4.78 is 5.39. The molecule has 0 aliphatic heterocycles. The van der Waals surface area contributed by atoms with Crippen molar-refractivity contribution in [3.63, 3.8) is 0 Å². The van der Waals surface area contributed by atoms with Crippen LogP contribution in [0.4, 0.5) is 0 Å². The molecule has 0 amide bonds. The van der Waals surface area contributed by atoms with E-state index in [-0.39, 0.29) is 0 Å². The fourth-order valence-electron chi connectivity index (χ4n) is 3.12. The van der Waals surface area contributed by atoms with Crippen molar-refractivity contribution in [3.8, 4) is 34.2 Å². The van der Waals surface area contributed by atoms with Crippen LogP contribution < -0.4 is 0 Å². The number of hydrogen-bond donors (Lipinski definition) is 0. The van der Waals surface area contributed by atoms with Gasteiger partial charge in [0.05, 0.1) is 12.5 Å². The second kappa shape index (κ2) is 6.50. The van der Waals surface area contributed by atoms with E-state index in [0.29, 0.717) is 17.5 Å². The summed E-state index contributed by atoms with van der Waals surface area (Å²) in [7, 11) is 0. The molecule has 0 spiro atoms. The summed E-state index contributed by atoms with van der Waals surface area (Å²) in [6.45, 7) is 0. The Bertz CT molecular complexity index is 1160. The number of rotatable bonds is 3.